The van der Waals surface area contributed by atoms with Crippen molar-refractivity contribution in [2.75, 3.05) is 0 Å². The molecule has 6 aliphatic carbocycles. The van der Waals surface area contributed by atoms with Gasteiger partial charge in [-0.1, -0.05) is 68.3 Å². The first-order chi connectivity index (χ1) is 17.2. The van der Waals surface area contributed by atoms with Gasteiger partial charge in [-0.15, -0.1) is 0 Å². The first-order valence-corrected chi connectivity index (χ1v) is 13.9. The van der Waals surface area contributed by atoms with Crippen molar-refractivity contribution in [3.05, 3.63) is 58.7 Å². The third-order valence-corrected chi connectivity index (χ3v) is 11.8. The van der Waals surface area contributed by atoms with E-state index >= 15 is 4.79 Å². The molecule has 0 aromatic heterocycles. The van der Waals surface area contributed by atoms with Crippen LogP contribution in [0.15, 0.2) is 47.6 Å². The second-order valence-electron chi connectivity index (χ2n) is 14.2. The number of allylic oxidation sites excluding steroid dienone is 4. The summed E-state index contributed by atoms with van der Waals surface area (Å²) in [6.45, 7) is 14.4. The van der Waals surface area contributed by atoms with E-state index in [0.717, 1.165) is 17.6 Å². The van der Waals surface area contributed by atoms with Crippen molar-refractivity contribution >= 4 is 17.3 Å². The molecule has 5 saturated carbocycles. The van der Waals surface area contributed by atoms with Gasteiger partial charge in [-0.2, -0.15) is 0 Å². The Labute approximate surface area is 220 Å². The fraction of sp³-hybridized carbons (Fsp3) is 0.606. The zero-order valence-corrected chi connectivity index (χ0v) is 23.3. The summed E-state index contributed by atoms with van der Waals surface area (Å²) in [5.41, 5.74) is -3.14. The number of rotatable bonds is 4. The number of hydrogen-bond donors (Lipinski definition) is 1. The van der Waals surface area contributed by atoms with Crippen LogP contribution >= 0.6 is 0 Å². The number of carbonyl (C=O) groups is 3. The Hall–Kier alpha value is -2.33. The average Bonchev–Trinajstić information content (AvgIpc) is 3.15. The lowest BCUT2D eigenvalue weighted by Gasteiger charge is -2.68. The predicted molar refractivity (Wildman–Crippen MR) is 143 cm³/mol. The molecule has 7 rings (SSSR count). The summed E-state index contributed by atoms with van der Waals surface area (Å²) in [4.78, 5) is 44.7. The fourth-order valence-corrected chi connectivity index (χ4v) is 10.3. The van der Waals surface area contributed by atoms with Crippen molar-refractivity contribution in [3.8, 4) is 0 Å². The van der Waals surface area contributed by atoms with Gasteiger partial charge in [0, 0.05) is 11.0 Å². The van der Waals surface area contributed by atoms with E-state index in [9.17, 15) is 14.7 Å². The van der Waals surface area contributed by atoms with Crippen LogP contribution in [0.1, 0.15) is 96.5 Å². The summed E-state index contributed by atoms with van der Waals surface area (Å²) in [6, 6.07) is 7.61. The van der Waals surface area contributed by atoms with Gasteiger partial charge in [0.15, 0.2) is 17.3 Å². The number of fused-ring (bicyclic) bond motifs is 1. The summed E-state index contributed by atoms with van der Waals surface area (Å²) in [7, 11) is 0. The van der Waals surface area contributed by atoms with E-state index in [1.54, 1.807) is 0 Å². The monoisotopic (exact) mass is 500 g/mol. The van der Waals surface area contributed by atoms with Gasteiger partial charge in [-0.05, 0) is 82.6 Å². The molecular weight excluding hydrogens is 460 g/mol. The first-order valence-electron chi connectivity index (χ1n) is 13.9. The van der Waals surface area contributed by atoms with Crippen molar-refractivity contribution in [2.45, 2.75) is 91.6 Å². The average molecular weight is 501 g/mol. The molecule has 37 heavy (non-hydrogen) atoms. The van der Waals surface area contributed by atoms with Gasteiger partial charge in [0.25, 0.3) is 0 Å². The standard InChI is InChI=1S/C33H40O4/c1-19(2)12-13-21-16-31-17-24-28(5,6)23-11-9-8-10-22(23)25(34)32(24)27(36)30(26(31)35,15-14-20(3)4)18-29(21,7)33(31,32)37/h8-12,14,21,24,37H,13,15-18H2,1-7H3/t21?,24?,29-,30?,31?,32?,33-/m1/s1. The van der Waals surface area contributed by atoms with Gasteiger partial charge in [0.2, 0.25) is 0 Å². The molecule has 0 heterocycles. The van der Waals surface area contributed by atoms with Gasteiger partial charge in [-0.25, -0.2) is 0 Å². The summed E-state index contributed by atoms with van der Waals surface area (Å²) < 4.78 is 0. The lowest BCUT2D eigenvalue weighted by molar-refractivity contribution is -0.240. The van der Waals surface area contributed by atoms with Crippen LogP contribution in [0.4, 0.5) is 0 Å². The smallest absolute Gasteiger partial charge is 0.180 e. The van der Waals surface area contributed by atoms with Gasteiger partial charge >= 0.3 is 0 Å². The second-order valence-corrected chi connectivity index (χ2v) is 14.2. The summed E-state index contributed by atoms with van der Waals surface area (Å²) in [6.07, 6.45) is 6.54. The minimum absolute atomic E-state index is 0.0314. The molecule has 0 aliphatic heterocycles. The number of benzene rings is 1. The highest BCUT2D eigenvalue weighted by Gasteiger charge is 2.97. The molecule has 5 bridgehead atoms. The van der Waals surface area contributed by atoms with Crippen LogP contribution < -0.4 is 0 Å². The molecule has 0 amide bonds. The molecule has 1 aromatic carbocycles. The van der Waals surface area contributed by atoms with Crippen LogP contribution in [0.5, 0.6) is 0 Å². The summed E-state index contributed by atoms with van der Waals surface area (Å²) in [5, 5.41) is 13.3. The Morgan fingerprint density at radius 2 is 1.59 bits per heavy atom. The molecule has 196 valence electrons. The Morgan fingerprint density at radius 1 is 0.946 bits per heavy atom. The highest BCUT2D eigenvalue weighted by molar-refractivity contribution is 6.29. The SMILES string of the molecule is CC(C)=CCC1CC23CC4C(C)(C)c5ccccc5C(=O)C45C(=O)C(CC=C(C)C)(C[C@@]1(C)[C@@]25O)C3=O. The van der Waals surface area contributed by atoms with Crippen molar-refractivity contribution in [1.29, 1.82) is 0 Å². The first kappa shape index (κ1) is 25.0. The quantitative estimate of drug-likeness (QED) is 0.397. The maximum absolute atomic E-state index is 15.0. The van der Waals surface area contributed by atoms with E-state index in [1.807, 2.05) is 44.2 Å². The molecule has 1 aromatic rings. The lowest BCUT2D eigenvalue weighted by atomic mass is 9.33. The molecule has 5 unspecified atom stereocenters. The van der Waals surface area contributed by atoms with Gasteiger partial charge < -0.3 is 5.11 Å². The van der Waals surface area contributed by atoms with Crippen LogP contribution in [0, 0.1) is 33.5 Å². The van der Waals surface area contributed by atoms with Gasteiger partial charge in [0.05, 0.1) is 10.8 Å². The summed E-state index contributed by atoms with van der Waals surface area (Å²) >= 11 is 0. The third-order valence-electron chi connectivity index (χ3n) is 11.8. The maximum atomic E-state index is 15.0. The normalized spacial score (nSPS) is 43.9. The number of aliphatic hydroxyl groups is 1. The molecule has 7 atom stereocenters. The fourth-order valence-electron chi connectivity index (χ4n) is 10.3. The molecule has 6 aliphatic rings. The van der Waals surface area contributed by atoms with Crippen molar-refractivity contribution in [1.82, 2.24) is 0 Å². The minimum Gasteiger partial charge on any atom is -0.387 e. The zero-order chi connectivity index (χ0) is 27.0. The Kier molecular flexibility index (Phi) is 4.72. The number of carbonyl (C=O) groups excluding carboxylic acids is 3. The predicted octanol–water partition coefficient (Wildman–Crippen LogP) is 6.17. The van der Waals surface area contributed by atoms with E-state index in [-0.39, 0.29) is 23.3 Å². The van der Waals surface area contributed by atoms with Crippen LogP contribution in [0.25, 0.3) is 0 Å². The molecular formula is C33H40O4. The molecule has 0 saturated heterocycles. The van der Waals surface area contributed by atoms with E-state index in [2.05, 4.69) is 40.7 Å². The molecule has 1 spiro atoms. The lowest BCUT2D eigenvalue weighted by Crippen LogP contribution is -2.82. The third kappa shape index (κ3) is 2.32. The van der Waals surface area contributed by atoms with E-state index in [4.69, 9.17) is 0 Å². The molecule has 0 radical (unpaired) electrons. The molecule has 5 fully saturated rings. The van der Waals surface area contributed by atoms with E-state index < -0.39 is 38.6 Å². The van der Waals surface area contributed by atoms with Crippen molar-refractivity contribution in [2.24, 2.45) is 33.5 Å². The highest BCUT2D eigenvalue weighted by atomic mass is 16.3. The van der Waals surface area contributed by atoms with Crippen LogP contribution in [0.2, 0.25) is 0 Å². The largest absolute Gasteiger partial charge is 0.387 e. The second kappa shape index (κ2) is 7.00. The maximum Gasteiger partial charge on any atom is 0.180 e. The molecule has 4 nitrogen and oxygen atoms in total. The minimum atomic E-state index is -1.68. The number of hydrogen-bond acceptors (Lipinski definition) is 4. The highest BCUT2D eigenvalue weighted by Crippen LogP contribution is 2.87. The number of Topliss-reactive ketones (excluding diaryl/α,β-unsaturated/α-hetero) is 3. The van der Waals surface area contributed by atoms with Crippen LogP contribution in [-0.4, -0.2) is 28.1 Å². The van der Waals surface area contributed by atoms with Crippen LogP contribution in [0.3, 0.4) is 0 Å². The van der Waals surface area contributed by atoms with Crippen molar-refractivity contribution in [3.63, 3.8) is 0 Å². The van der Waals surface area contributed by atoms with Gasteiger partial charge in [-0.3, -0.25) is 14.4 Å². The summed E-state index contributed by atoms with van der Waals surface area (Å²) in [5.74, 6) is -1.01. The van der Waals surface area contributed by atoms with E-state index in [1.165, 1.54) is 5.57 Å². The van der Waals surface area contributed by atoms with E-state index in [0.29, 0.717) is 31.2 Å². The number of ketones is 3. The van der Waals surface area contributed by atoms with Gasteiger partial charge in [0.1, 0.15) is 11.0 Å². The Bertz CT molecular complexity index is 1340. The zero-order valence-electron chi connectivity index (χ0n) is 23.3. The Balaban J connectivity index is 1.71. The molecule has 4 heteroatoms. The van der Waals surface area contributed by atoms with Crippen LogP contribution in [-0.2, 0) is 15.0 Å². The Morgan fingerprint density at radius 3 is 2.24 bits per heavy atom. The topological polar surface area (TPSA) is 71.4 Å². The van der Waals surface area contributed by atoms with Crippen molar-refractivity contribution < 1.29 is 19.5 Å². The molecule has 1 N–H and O–H groups in total.